The topological polar surface area (TPSA) is 44.9 Å². The molecular weight excluding hydrogens is 491 g/mol. The fraction of sp³-hybridized carbons (Fsp3) is 0.172. The van der Waals surface area contributed by atoms with Crippen LogP contribution in [0.4, 0.5) is 0 Å². The Morgan fingerprint density at radius 2 is 1.08 bits per heavy atom. The van der Waals surface area contributed by atoms with Gasteiger partial charge in [-0.25, -0.2) is 9.36 Å². The number of halogens is 2. The van der Waals surface area contributed by atoms with Crippen molar-refractivity contribution in [1.29, 1.82) is 0 Å². The van der Waals surface area contributed by atoms with E-state index in [1.807, 2.05) is 77.8 Å². The van der Waals surface area contributed by atoms with E-state index in [4.69, 9.17) is 38.1 Å². The maximum atomic E-state index is 6.79. The molecule has 1 aliphatic rings. The van der Waals surface area contributed by atoms with E-state index in [9.17, 15) is 0 Å². The van der Waals surface area contributed by atoms with Gasteiger partial charge in [-0.15, -0.1) is 0 Å². The van der Waals surface area contributed by atoms with Crippen molar-refractivity contribution in [2.24, 2.45) is 0 Å². The highest BCUT2D eigenvalue weighted by atomic mass is 35.5. The third kappa shape index (κ3) is 3.89. The average Bonchev–Trinajstić information content (AvgIpc) is 3.35. The third-order valence-electron chi connectivity index (χ3n) is 6.66. The van der Waals surface area contributed by atoms with Gasteiger partial charge in [-0.05, 0) is 37.1 Å². The smallest absolute Gasteiger partial charge is 0.224 e. The van der Waals surface area contributed by atoms with E-state index in [-0.39, 0.29) is 5.92 Å². The number of hydrogen-bond donors (Lipinski definition) is 0. The summed E-state index contributed by atoms with van der Waals surface area (Å²) in [7, 11) is 0. The SMILES string of the molecule is Cc1nn(Cc2ccccc2)c2c1C(c1c(Cl)cccc1Cl)c1c(C)nn(Cc3ccccc3)c1O2. The van der Waals surface area contributed by atoms with Crippen molar-refractivity contribution < 1.29 is 4.74 Å². The lowest BCUT2D eigenvalue weighted by molar-refractivity contribution is 0.362. The highest BCUT2D eigenvalue weighted by Gasteiger charge is 2.40. The summed E-state index contributed by atoms with van der Waals surface area (Å²) in [5.74, 6) is 1.14. The zero-order valence-corrected chi connectivity index (χ0v) is 21.5. The average molecular weight is 515 g/mol. The van der Waals surface area contributed by atoms with Gasteiger partial charge >= 0.3 is 0 Å². The van der Waals surface area contributed by atoms with Crippen LogP contribution in [0.1, 0.15) is 45.1 Å². The van der Waals surface area contributed by atoms with Gasteiger partial charge in [0.1, 0.15) is 0 Å². The second-order valence-corrected chi connectivity index (χ2v) is 9.88. The maximum absolute atomic E-state index is 6.79. The number of rotatable bonds is 5. The first-order valence-corrected chi connectivity index (χ1v) is 12.6. The molecule has 3 heterocycles. The van der Waals surface area contributed by atoms with Gasteiger partial charge in [0, 0.05) is 26.7 Å². The summed E-state index contributed by atoms with van der Waals surface area (Å²) < 4.78 is 10.5. The van der Waals surface area contributed by atoms with Crippen molar-refractivity contribution in [3.05, 3.63) is 128 Å². The molecule has 36 heavy (non-hydrogen) atoms. The summed E-state index contributed by atoms with van der Waals surface area (Å²) in [5, 5.41) is 11.0. The molecule has 6 rings (SSSR count). The van der Waals surface area contributed by atoms with E-state index in [2.05, 4.69) is 24.3 Å². The summed E-state index contributed by atoms with van der Waals surface area (Å²) in [6.07, 6.45) is 0. The molecule has 180 valence electrons. The van der Waals surface area contributed by atoms with Crippen LogP contribution in [0.5, 0.6) is 11.8 Å². The molecule has 0 amide bonds. The van der Waals surface area contributed by atoms with E-state index < -0.39 is 0 Å². The molecule has 2 aromatic heterocycles. The second-order valence-electron chi connectivity index (χ2n) is 9.07. The van der Waals surface area contributed by atoms with Gasteiger partial charge < -0.3 is 4.74 Å². The van der Waals surface area contributed by atoms with Crippen molar-refractivity contribution in [2.75, 3.05) is 0 Å². The Hall–Kier alpha value is -3.54. The zero-order valence-electron chi connectivity index (χ0n) is 20.0. The molecule has 1 aliphatic heterocycles. The molecule has 5 nitrogen and oxygen atoms in total. The Balaban J connectivity index is 1.56. The summed E-state index contributed by atoms with van der Waals surface area (Å²) >= 11 is 13.6. The Labute approximate surface area is 219 Å². The number of benzene rings is 3. The summed E-state index contributed by atoms with van der Waals surface area (Å²) in [5.41, 5.74) is 6.81. The number of ether oxygens (including phenoxy) is 1. The van der Waals surface area contributed by atoms with Gasteiger partial charge in [-0.2, -0.15) is 10.2 Å². The van der Waals surface area contributed by atoms with E-state index in [1.54, 1.807) is 0 Å². The van der Waals surface area contributed by atoms with Crippen molar-refractivity contribution in [3.63, 3.8) is 0 Å². The highest BCUT2D eigenvalue weighted by Crippen LogP contribution is 2.52. The molecule has 0 fully saturated rings. The lowest BCUT2D eigenvalue weighted by Gasteiger charge is -2.27. The molecule has 0 spiro atoms. The molecular formula is C29H24Cl2N4O. The van der Waals surface area contributed by atoms with Crippen LogP contribution in [0.2, 0.25) is 10.0 Å². The lowest BCUT2D eigenvalue weighted by Crippen LogP contribution is -2.16. The Morgan fingerprint density at radius 3 is 1.53 bits per heavy atom. The molecule has 0 bridgehead atoms. The maximum Gasteiger partial charge on any atom is 0.224 e. The van der Waals surface area contributed by atoms with Crippen molar-refractivity contribution in [1.82, 2.24) is 19.6 Å². The van der Waals surface area contributed by atoms with Gasteiger partial charge in [0.2, 0.25) is 11.8 Å². The molecule has 0 saturated heterocycles. The second kappa shape index (κ2) is 9.16. The first-order valence-electron chi connectivity index (χ1n) is 11.9. The largest absolute Gasteiger partial charge is 0.421 e. The molecule has 0 N–H and O–H groups in total. The number of aryl methyl sites for hydroxylation is 2. The first-order chi connectivity index (χ1) is 17.5. The van der Waals surface area contributed by atoms with Crippen molar-refractivity contribution >= 4 is 23.2 Å². The predicted molar refractivity (Wildman–Crippen MR) is 142 cm³/mol. The minimum absolute atomic E-state index is 0.251. The van der Waals surface area contributed by atoms with Crippen molar-refractivity contribution in [2.45, 2.75) is 32.9 Å². The van der Waals surface area contributed by atoms with Crippen LogP contribution in [-0.2, 0) is 13.1 Å². The summed E-state index contributed by atoms with van der Waals surface area (Å²) in [4.78, 5) is 0. The van der Waals surface area contributed by atoms with Gasteiger partial charge in [0.15, 0.2) is 0 Å². The van der Waals surface area contributed by atoms with Gasteiger partial charge in [0.05, 0.1) is 30.4 Å². The van der Waals surface area contributed by atoms with E-state index in [1.165, 1.54) is 0 Å². The standard InChI is InChI=1S/C29H24Cl2N4O/c1-18-24-27(26-22(30)14-9-15-23(26)31)25-19(2)33-35(17-21-12-7-4-8-13-21)29(25)36-28(24)34(32-18)16-20-10-5-3-6-11-20/h3-15,27H,16-17H2,1-2H3. The van der Waals surface area contributed by atoms with Crippen LogP contribution in [0, 0.1) is 13.8 Å². The zero-order chi connectivity index (χ0) is 24.8. The van der Waals surface area contributed by atoms with E-state index in [0.29, 0.717) is 34.9 Å². The molecule has 0 aliphatic carbocycles. The Morgan fingerprint density at radius 1 is 0.639 bits per heavy atom. The van der Waals surface area contributed by atoms with E-state index >= 15 is 0 Å². The molecule has 0 radical (unpaired) electrons. The molecule has 3 aromatic carbocycles. The normalized spacial score (nSPS) is 12.8. The highest BCUT2D eigenvalue weighted by molar-refractivity contribution is 6.36. The number of hydrogen-bond acceptors (Lipinski definition) is 3. The molecule has 7 heteroatoms. The molecule has 0 atom stereocenters. The Bertz CT molecular complexity index is 1450. The summed E-state index contributed by atoms with van der Waals surface area (Å²) in [6.45, 7) is 5.19. The predicted octanol–water partition coefficient (Wildman–Crippen LogP) is 7.39. The lowest BCUT2D eigenvalue weighted by atomic mass is 9.83. The fourth-order valence-electron chi connectivity index (χ4n) is 5.07. The van der Waals surface area contributed by atoms with Crippen LogP contribution < -0.4 is 4.74 Å². The van der Waals surface area contributed by atoms with Crippen molar-refractivity contribution in [3.8, 4) is 11.8 Å². The van der Waals surface area contributed by atoms with Gasteiger partial charge in [-0.3, -0.25) is 0 Å². The van der Waals surface area contributed by atoms with Crippen LogP contribution in [0.15, 0.2) is 78.9 Å². The van der Waals surface area contributed by atoms with Crippen LogP contribution >= 0.6 is 23.2 Å². The van der Waals surface area contributed by atoms with Crippen LogP contribution in [0.25, 0.3) is 0 Å². The van der Waals surface area contributed by atoms with Gasteiger partial charge in [-0.1, -0.05) is 89.9 Å². The summed E-state index contributed by atoms with van der Waals surface area (Å²) in [6, 6.07) is 26.1. The number of nitrogens with zero attached hydrogens (tertiary/aromatic N) is 4. The fourth-order valence-corrected chi connectivity index (χ4v) is 5.68. The minimum Gasteiger partial charge on any atom is -0.421 e. The quantitative estimate of drug-likeness (QED) is 0.241. The minimum atomic E-state index is -0.251. The van der Waals surface area contributed by atoms with Gasteiger partial charge in [0.25, 0.3) is 0 Å². The van der Waals surface area contributed by atoms with Crippen LogP contribution in [0.3, 0.4) is 0 Å². The molecule has 0 unspecified atom stereocenters. The monoisotopic (exact) mass is 514 g/mol. The third-order valence-corrected chi connectivity index (χ3v) is 7.32. The number of fused-ring (bicyclic) bond motifs is 2. The number of aromatic nitrogens is 4. The molecule has 5 aromatic rings. The van der Waals surface area contributed by atoms with Crippen LogP contribution in [-0.4, -0.2) is 19.6 Å². The first kappa shape index (κ1) is 22.9. The van der Waals surface area contributed by atoms with E-state index in [0.717, 1.165) is 39.2 Å². The Kier molecular flexibility index (Phi) is 5.82. The molecule has 0 saturated carbocycles.